The number of halogens is 1. The second-order valence-corrected chi connectivity index (χ2v) is 3.66. The molecule has 1 heterocycles. The number of nitrogens with one attached hydrogen (secondary N) is 1. The molecular weight excluding hydrogens is 251 g/mol. The Morgan fingerprint density at radius 3 is 2.74 bits per heavy atom. The maximum absolute atomic E-state index is 12.6. The van der Waals surface area contributed by atoms with E-state index >= 15 is 0 Å². The molecule has 19 heavy (non-hydrogen) atoms. The summed E-state index contributed by atoms with van der Waals surface area (Å²) in [7, 11) is 0. The number of benzene rings is 1. The lowest BCUT2D eigenvalue weighted by Gasteiger charge is -2.07. The minimum atomic E-state index is -0.474. The number of anilines is 1. The number of pyridine rings is 1. The highest BCUT2D eigenvalue weighted by Gasteiger charge is 2.07. The number of aromatic hydroxyl groups is 1. The highest BCUT2D eigenvalue weighted by molar-refractivity contribution is 5.92. The number of rotatable bonds is 4. The van der Waals surface area contributed by atoms with E-state index in [0.717, 1.165) is 0 Å². The summed E-state index contributed by atoms with van der Waals surface area (Å²) < 4.78 is 17.8. The molecule has 1 aromatic heterocycles. The molecule has 0 unspecified atom stereocenters. The van der Waals surface area contributed by atoms with Gasteiger partial charge in [0.15, 0.2) is 18.2 Å². The van der Waals surface area contributed by atoms with Gasteiger partial charge in [-0.05, 0) is 36.4 Å². The molecule has 0 bridgehead atoms. The SMILES string of the molecule is O=C(COc1ccc(F)cc1)Nc1ncccc1O. The molecule has 0 radical (unpaired) electrons. The van der Waals surface area contributed by atoms with Crippen molar-refractivity contribution in [3.63, 3.8) is 0 Å². The van der Waals surface area contributed by atoms with Gasteiger partial charge in [0, 0.05) is 6.20 Å². The van der Waals surface area contributed by atoms with Crippen LogP contribution in [0.15, 0.2) is 42.6 Å². The maximum atomic E-state index is 12.6. The van der Waals surface area contributed by atoms with Crippen molar-refractivity contribution in [2.24, 2.45) is 0 Å². The second-order valence-electron chi connectivity index (χ2n) is 3.66. The van der Waals surface area contributed by atoms with Gasteiger partial charge in [0.1, 0.15) is 11.6 Å². The van der Waals surface area contributed by atoms with Crippen LogP contribution in [0, 0.1) is 5.82 Å². The molecule has 2 aromatic rings. The van der Waals surface area contributed by atoms with Gasteiger partial charge in [-0.3, -0.25) is 4.79 Å². The Morgan fingerprint density at radius 2 is 2.05 bits per heavy atom. The van der Waals surface area contributed by atoms with Crippen molar-refractivity contribution >= 4 is 11.7 Å². The van der Waals surface area contributed by atoms with E-state index in [4.69, 9.17) is 4.74 Å². The van der Waals surface area contributed by atoms with Crippen LogP contribution in [0.5, 0.6) is 11.5 Å². The summed E-state index contributed by atoms with van der Waals surface area (Å²) in [4.78, 5) is 15.3. The number of amides is 1. The van der Waals surface area contributed by atoms with Gasteiger partial charge < -0.3 is 15.2 Å². The molecule has 0 aliphatic rings. The fourth-order valence-corrected chi connectivity index (χ4v) is 1.34. The second kappa shape index (κ2) is 5.81. The number of ether oxygens (including phenoxy) is 1. The first kappa shape index (κ1) is 12.8. The first-order valence-corrected chi connectivity index (χ1v) is 5.47. The number of hydrogen-bond donors (Lipinski definition) is 2. The Morgan fingerprint density at radius 1 is 1.32 bits per heavy atom. The molecule has 0 atom stereocenters. The van der Waals surface area contributed by atoms with Gasteiger partial charge in [0.25, 0.3) is 5.91 Å². The van der Waals surface area contributed by atoms with Crippen LogP contribution in [-0.2, 0) is 4.79 Å². The lowest BCUT2D eigenvalue weighted by Crippen LogP contribution is -2.20. The zero-order valence-corrected chi connectivity index (χ0v) is 9.84. The molecule has 0 aliphatic heterocycles. The van der Waals surface area contributed by atoms with Crippen LogP contribution < -0.4 is 10.1 Å². The number of hydrogen-bond acceptors (Lipinski definition) is 4. The molecular formula is C13H11FN2O3. The Bertz CT molecular complexity index is 572. The molecule has 1 amide bonds. The molecule has 2 N–H and O–H groups in total. The molecule has 5 nitrogen and oxygen atoms in total. The standard InChI is InChI=1S/C13H11FN2O3/c14-9-3-5-10(6-4-9)19-8-12(18)16-13-11(17)2-1-7-15-13/h1-7,17H,8H2,(H,15,16,18). The summed E-state index contributed by atoms with van der Waals surface area (Å²) in [6, 6.07) is 8.25. The van der Waals surface area contributed by atoms with Gasteiger partial charge in [-0.2, -0.15) is 0 Å². The van der Waals surface area contributed by atoms with Gasteiger partial charge >= 0.3 is 0 Å². The first-order chi connectivity index (χ1) is 9.15. The maximum Gasteiger partial charge on any atom is 0.263 e. The average molecular weight is 262 g/mol. The van der Waals surface area contributed by atoms with E-state index in [1.807, 2.05) is 0 Å². The predicted molar refractivity (Wildman–Crippen MR) is 66.4 cm³/mol. The zero-order chi connectivity index (χ0) is 13.7. The smallest absolute Gasteiger partial charge is 0.263 e. The molecule has 0 spiro atoms. The molecule has 1 aromatic carbocycles. The average Bonchev–Trinajstić information content (AvgIpc) is 2.41. The van der Waals surface area contributed by atoms with Crippen LogP contribution in [0.2, 0.25) is 0 Å². The van der Waals surface area contributed by atoms with Crippen molar-refractivity contribution in [3.8, 4) is 11.5 Å². The summed E-state index contributed by atoms with van der Waals surface area (Å²) in [5, 5.41) is 11.8. The van der Waals surface area contributed by atoms with E-state index in [1.54, 1.807) is 6.07 Å². The third kappa shape index (κ3) is 3.67. The summed E-state index contributed by atoms with van der Waals surface area (Å²) in [6.07, 6.45) is 1.44. The highest BCUT2D eigenvalue weighted by Crippen LogP contribution is 2.18. The minimum Gasteiger partial charge on any atom is -0.504 e. The Labute approximate surface area is 108 Å². The van der Waals surface area contributed by atoms with Crippen LogP contribution in [-0.4, -0.2) is 22.6 Å². The summed E-state index contributed by atoms with van der Waals surface area (Å²) in [5.74, 6) is -0.539. The molecule has 2 rings (SSSR count). The van der Waals surface area contributed by atoms with E-state index < -0.39 is 5.91 Å². The molecule has 0 saturated heterocycles. The van der Waals surface area contributed by atoms with Crippen LogP contribution in [0.4, 0.5) is 10.2 Å². The Hall–Kier alpha value is -2.63. The minimum absolute atomic E-state index is 0.0650. The van der Waals surface area contributed by atoms with Crippen molar-refractivity contribution in [2.45, 2.75) is 0 Å². The summed E-state index contributed by atoms with van der Waals surface area (Å²) in [5.41, 5.74) is 0. The normalized spacial score (nSPS) is 9.95. The van der Waals surface area contributed by atoms with Crippen molar-refractivity contribution in [1.29, 1.82) is 0 Å². The third-order valence-corrected chi connectivity index (χ3v) is 2.23. The van der Waals surface area contributed by atoms with Gasteiger partial charge in [-0.15, -0.1) is 0 Å². The number of nitrogens with zero attached hydrogens (tertiary/aromatic N) is 1. The van der Waals surface area contributed by atoms with Gasteiger partial charge in [0.2, 0.25) is 0 Å². The van der Waals surface area contributed by atoms with Gasteiger partial charge in [-0.25, -0.2) is 9.37 Å². The Balaban J connectivity index is 1.88. The fraction of sp³-hybridized carbons (Fsp3) is 0.0769. The Kier molecular flexibility index (Phi) is 3.92. The zero-order valence-electron chi connectivity index (χ0n) is 9.84. The van der Waals surface area contributed by atoms with Crippen molar-refractivity contribution < 1.29 is 19.0 Å². The number of carbonyl (C=O) groups excluding carboxylic acids is 1. The fourth-order valence-electron chi connectivity index (χ4n) is 1.34. The number of carbonyl (C=O) groups is 1. The molecule has 0 fully saturated rings. The van der Waals surface area contributed by atoms with Crippen LogP contribution in [0.1, 0.15) is 0 Å². The first-order valence-electron chi connectivity index (χ1n) is 5.47. The predicted octanol–water partition coefficient (Wildman–Crippen LogP) is 1.94. The van der Waals surface area contributed by atoms with E-state index in [9.17, 15) is 14.3 Å². The van der Waals surface area contributed by atoms with Crippen molar-refractivity contribution in [3.05, 3.63) is 48.4 Å². The van der Waals surface area contributed by atoms with E-state index in [2.05, 4.69) is 10.3 Å². The molecule has 0 aliphatic carbocycles. The number of aromatic nitrogens is 1. The molecule has 0 saturated carbocycles. The quantitative estimate of drug-likeness (QED) is 0.883. The lowest BCUT2D eigenvalue weighted by atomic mass is 10.3. The van der Waals surface area contributed by atoms with Crippen LogP contribution in [0.25, 0.3) is 0 Å². The van der Waals surface area contributed by atoms with Crippen LogP contribution in [0.3, 0.4) is 0 Å². The molecule has 6 heteroatoms. The third-order valence-electron chi connectivity index (χ3n) is 2.23. The lowest BCUT2D eigenvalue weighted by molar-refractivity contribution is -0.118. The van der Waals surface area contributed by atoms with Gasteiger partial charge in [0.05, 0.1) is 0 Å². The van der Waals surface area contributed by atoms with E-state index in [0.29, 0.717) is 5.75 Å². The van der Waals surface area contributed by atoms with Crippen molar-refractivity contribution in [2.75, 3.05) is 11.9 Å². The summed E-state index contributed by atoms with van der Waals surface area (Å²) >= 11 is 0. The highest BCUT2D eigenvalue weighted by atomic mass is 19.1. The molecule has 98 valence electrons. The van der Waals surface area contributed by atoms with E-state index in [-0.39, 0.29) is 24.0 Å². The van der Waals surface area contributed by atoms with Crippen LogP contribution >= 0.6 is 0 Å². The van der Waals surface area contributed by atoms with Gasteiger partial charge in [-0.1, -0.05) is 0 Å². The van der Waals surface area contributed by atoms with Crippen molar-refractivity contribution in [1.82, 2.24) is 4.98 Å². The van der Waals surface area contributed by atoms with E-state index in [1.165, 1.54) is 36.5 Å². The summed E-state index contributed by atoms with van der Waals surface area (Å²) in [6.45, 7) is -0.262. The monoisotopic (exact) mass is 262 g/mol. The topological polar surface area (TPSA) is 71.5 Å². The largest absolute Gasteiger partial charge is 0.504 e.